The highest BCUT2D eigenvalue weighted by Gasteiger charge is 2.25. The van der Waals surface area contributed by atoms with Crippen LogP contribution in [0.2, 0.25) is 10.0 Å². The van der Waals surface area contributed by atoms with E-state index >= 15 is 0 Å². The molecule has 1 heterocycles. The second kappa shape index (κ2) is 4.82. The fourth-order valence-corrected chi connectivity index (χ4v) is 2.79. The number of benzene rings is 1. The molecule has 1 fully saturated rings. The van der Waals surface area contributed by atoms with Crippen LogP contribution in [0.15, 0.2) is 18.2 Å². The SMILES string of the molecule is CC1CN(c2c(Cl)cccc2Cl)CCC1N. The Kier molecular flexibility index (Phi) is 3.63. The number of para-hydroxylation sites is 1. The quantitative estimate of drug-likeness (QED) is 0.839. The minimum Gasteiger partial charge on any atom is -0.369 e. The van der Waals surface area contributed by atoms with Crippen LogP contribution in [0.4, 0.5) is 5.69 Å². The number of nitrogens with two attached hydrogens (primary N) is 1. The number of nitrogens with zero attached hydrogens (tertiary/aromatic N) is 1. The van der Waals surface area contributed by atoms with E-state index < -0.39 is 0 Å². The summed E-state index contributed by atoms with van der Waals surface area (Å²) in [4.78, 5) is 2.23. The lowest BCUT2D eigenvalue weighted by Gasteiger charge is -2.37. The van der Waals surface area contributed by atoms with E-state index in [1.54, 1.807) is 0 Å². The Hall–Kier alpha value is -0.440. The number of rotatable bonds is 1. The van der Waals surface area contributed by atoms with Crippen molar-refractivity contribution in [3.05, 3.63) is 28.2 Å². The van der Waals surface area contributed by atoms with Gasteiger partial charge in [-0.15, -0.1) is 0 Å². The normalized spacial score (nSPS) is 25.9. The van der Waals surface area contributed by atoms with Crippen LogP contribution in [-0.4, -0.2) is 19.1 Å². The van der Waals surface area contributed by atoms with E-state index in [0.717, 1.165) is 35.2 Å². The van der Waals surface area contributed by atoms with Crippen LogP contribution in [0.5, 0.6) is 0 Å². The molecule has 4 heteroatoms. The van der Waals surface area contributed by atoms with Crippen molar-refractivity contribution in [3.8, 4) is 0 Å². The summed E-state index contributed by atoms with van der Waals surface area (Å²) in [5, 5.41) is 1.44. The van der Waals surface area contributed by atoms with Crippen LogP contribution in [-0.2, 0) is 0 Å². The number of hydrogen-bond donors (Lipinski definition) is 1. The molecular formula is C12H16Cl2N2. The molecule has 16 heavy (non-hydrogen) atoms. The first-order valence-corrected chi connectivity index (χ1v) is 6.29. The molecular weight excluding hydrogens is 243 g/mol. The van der Waals surface area contributed by atoms with Gasteiger partial charge in [-0.2, -0.15) is 0 Å². The van der Waals surface area contributed by atoms with E-state index in [-0.39, 0.29) is 6.04 Å². The molecule has 1 aromatic carbocycles. The highest BCUT2D eigenvalue weighted by atomic mass is 35.5. The summed E-state index contributed by atoms with van der Waals surface area (Å²) in [5.41, 5.74) is 6.95. The molecule has 0 amide bonds. The Bertz CT molecular complexity index is 361. The van der Waals surface area contributed by atoms with Crippen molar-refractivity contribution in [2.75, 3.05) is 18.0 Å². The van der Waals surface area contributed by atoms with Gasteiger partial charge in [0.2, 0.25) is 0 Å². The molecule has 2 nitrogen and oxygen atoms in total. The fourth-order valence-electron chi connectivity index (χ4n) is 2.16. The van der Waals surface area contributed by atoms with Crippen LogP contribution in [0, 0.1) is 5.92 Å². The van der Waals surface area contributed by atoms with E-state index in [1.165, 1.54) is 0 Å². The predicted molar refractivity (Wildman–Crippen MR) is 70.4 cm³/mol. The van der Waals surface area contributed by atoms with E-state index in [4.69, 9.17) is 28.9 Å². The topological polar surface area (TPSA) is 29.3 Å². The summed E-state index contributed by atoms with van der Waals surface area (Å²) in [6.45, 7) is 4.02. The van der Waals surface area contributed by atoms with Crippen LogP contribution in [0.3, 0.4) is 0 Å². The summed E-state index contributed by atoms with van der Waals surface area (Å²) in [6, 6.07) is 5.91. The monoisotopic (exact) mass is 258 g/mol. The molecule has 0 radical (unpaired) electrons. The molecule has 1 aliphatic heterocycles. The summed E-state index contributed by atoms with van der Waals surface area (Å²) in [6.07, 6.45) is 0.989. The van der Waals surface area contributed by atoms with Gasteiger partial charge in [0.1, 0.15) is 0 Å². The van der Waals surface area contributed by atoms with Gasteiger partial charge in [0, 0.05) is 19.1 Å². The number of hydrogen-bond acceptors (Lipinski definition) is 2. The lowest BCUT2D eigenvalue weighted by atomic mass is 9.94. The third-order valence-corrected chi connectivity index (χ3v) is 3.84. The van der Waals surface area contributed by atoms with Gasteiger partial charge >= 0.3 is 0 Å². The molecule has 0 aliphatic carbocycles. The van der Waals surface area contributed by atoms with E-state index in [9.17, 15) is 0 Å². The minimum atomic E-state index is 0.289. The van der Waals surface area contributed by atoms with Crippen molar-refractivity contribution < 1.29 is 0 Å². The Morgan fingerprint density at radius 1 is 1.31 bits per heavy atom. The first-order valence-electron chi connectivity index (χ1n) is 5.54. The van der Waals surface area contributed by atoms with Crippen LogP contribution >= 0.6 is 23.2 Å². The van der Waals surface area contributed by atoms with Crippen LogP contribution in [0.25, 0.3) is 0 Å². The Morgan fingerprint density at radius 2 is 1.94 bits per heavy atom. The standard InChI is InChI=1S/C12H16Cl2N2/c1-8-7-16(6-5-11(8)15)12-9(13)3-2-4-10(12)14/h2-4,8,11H,5-7,15H2,1H3. The predicted octanol–water partition coefficient (Wildman–Crippen LogP) is 3.17. The van der Waals surface area contributed by atoms with E-state index in [1.807, 2.05) is 18.2 Å². The third kappa shape index (κ3) is 2.29. The van der Waals surface area contributed by atoms with E-state index in [2.05, 4.69) is 11.8 Å². The number of halogens is 2. The molecule has 0 bridgehead atoms. The van der Waals surface area contributed by atoms with Gasteiger partial charge in [0.15, 0.2) is 0 Å². The smallest absolute Gasteiger partial charge is 0.0745 e. The van der Waals surface area contributed by atoms with Gasteiger partial charge in [-0.25, -0.2) is 0 Å². The average Bonchev–Trinajstić information content (AvgIpc) is 2.23. The average molecular weight is 259 g/mol. The zero-order valence-corrected chi connectivity index (χ0v) is 10.8. The van der Waals surface area contributed by atoms with Crippen molar-refractivity contribution in [2.24, 2.45) is 11.7 Å². The van der Waals surface area contributed by atoms with Gasteiger partial charge in [-0.1, -0.05) is 36.2 Å². The molecule has 88 valence electrons. The molecule has 2 rings (SSSR count). The maximum atomic E-state index is 6.19. The van der Waals surface area contributed by atoms with Gasteiger partial charge in [0.25, 0.3) is 0 Å². The Labute approximate surface area is 106 Å². The van der Waals surface area contributed by atoms with E-state index in [0.29, 0.717) is 5.92 Å². The molecule has 0 spiro atoms. The maximum Gasteiger partial charge on any atom is 0.0745 e. The lowest BCUT2D eigenvalue weighted by Crippen LogP contribution is -2.46. The molecule has 0 aromatic heterocycles. The van der Waals surface area contributed by atoms with Crippen LogP contribution < -0.4 is 10.6 Å². The molecule has 2 atom stereocenters. The summed E-state index contributed by atoms with van der Waals surface area (Å²) in [5.74, 6) is 0.473. The van der Waals surface area contributed by atoms with Gasteiger partial charge < -0.3 is 10.6 Å². The second-order valence-electron chi connectivity index (χ2n) is 4.45. The van der Waals surface area contributed by atoms with Crippen molar-refractivity contribution in [2.45, 2.75) is 19.4 Å². The summed E-state index contributed by atoms with van der Waals surface area (Å²) in [7, 11) is 0. The molecule has 1 aliphatic rings. The van der Waals surface area contributed by atoms with Crippen molar-refractivity contribution in [1.29, 1.82) is 0 Å². The van der Waals surface area contributed by atoms with Crippen LogP contribution in [0.1, 0.15) is 13.3 Å². The summed E-state index contributed by atoms with van der Waals surface area (Å²) >= 11 is 12.4. The molecule has 2 N–H and O–H groups in total. The van der Waals surface area contributed by atoms with Crippen molar-refractivity contribution in [3.63, 3.8) is 0 Å². The zero-order valence-electron chi connectivity index (χ0n) is 9.29. The first-order chi connectivity index (χ1) is 7.59. The van der Waals surface area contributed by atoms with Crippen molar-refractivity contribution in [1.82, 2.24) is 0 Å². The van der Waals surface area contributed by atoms with Gasteiger partial charge in [0.05, 0.1) is 15.7 Å². The molecule has 0 saturated carbocycles. The zero-order chi connectivity index (χ0) is 11.7. The largest absolute Gasteiger partial charge is 0.369 e. The second-order valence-corrected chi connectivity index (χ2v) is 5.26. The molecule has 1 aromatic rings. The third-order valence-electron chi connectivity index (χ3n) is 3.23. The Balaban J connectivity index is 2.25. The molecule has 2 unspecified atom stereocenters. The number of piperidine rings is 1. The van der Waals surface area contributed by atoms with Gasteiger partial charge in [-0.3, -0.25) is 0 Å². The molecule has 1 saturated heterocycles. The minimum absolute atomic E-state index is 0.289. The first kappa shape index (κ1) is 12.0. The Morgan fingerprint density at radius 3 is 2.50 bits per heavy atom. The summed E-state index contributed by atoms with van der Waals surface area (Å²) < 4.78 is 0. The highest BCUT2D eigenvalue weighted by Crippen LogP contribution is 2.35. The highest BCUT2D eigenvalue weighted by molar-refractivity contribution is 6.39. The maximum absolute atomic E-state index is 6.19. The van der Waals surface area contributed by atoms with Gasteiger partial charge in [-0.05, 0) is 24.5 Å². The number of anilines is 1. The fraction of sp³-hybridized carbons (Fsp3) is 0.500. The lowest BCUT2D eigenvalue weighted by molar-refractivity contribution is 0.383. The van der Waals surface area contributed by atoms with Crippen molar-refractivity contribution >= 4 is 28.9 Å².